The van der Waals surface area contributed by atoms with Crippen molar-refractivity contribution in [3.05, 3.63) is 26.3 Å². The van der Waals surface area contributed by atoms with Gasteiger partial charge in [-0.25, -0.2) is 0 Å². The summed E-state index contributed by atoms with van der Waals surface area (Å²) in [6, 6.07) is 4.93. The summed E-state index contributed by atoms with van der Waals surface area (Å²) < 4.78 is 0.756. The van der Waals surface area contributed by atoms with Crippen LogP contribution in [0.4, 0.5) is 5.13 Å². The van der Waals surface area contributed by atoms with Gasteiger partial charge in [-0.15, -0.1) is 16.4 Å². The van der Waals surface area contributed by atoms with Crippen LogP contribution in [0.25, 0.3) is 0 Å². The summed E-state index contributed by atoms with van der Waals surface area (Å²) in [5.41, 5.74) is 0. The molecule has 2 aromatic heterocycles. The number of aromatic amines is 1. The average Bonchev–Trinajstić information content (AvgIpc) is 2.81. The van der Waals surface area contributed by atoms with Crippen LogP contribution in [0.15, 0.2) is 17.5 Å². The summed E-state index contributed by atoms with van der Waals surface area (Å²) in [5, 5.41) is 10.3. The molecule has 16 heavy (non-hydrogen) atoms. The third-order valence-electron chi connectivity index (χ3n) is 2.57. The molecule has 1 aliphatic rings. The molecule has 3 nitrogen and oxygen atoms in total. The van der Waals surface area contributed by atoms with E-state index in [4.69, 9.17) is 12.2 Å². The second-order valence-electron chi connectivity index (χ2n) is 3.83. The Balaban J connectivity index is 1.84. The molecule has 0 atom stereocenters. The highest BCUT2D eigenvalue weighted by Gasteiger charge is 2.31. The molecule has 2 heterocycles. The van der Waals surface area contributed by atoms with Gasteiger partial charge in [-0.1, -0.05) is 17.4 Å². The first-order valence-corrected chi connectivity index (χ1v) is 7.28. The van der Waals surface area contributed by atoms with E-state index < -0.39 is 0 Å². The van der Waals surface area contributed by atoms with Crippen LogP contribution < -0.4 is 4.90 Å². The van der Waals surface area contributed by atoms with Crippen molar-refractivity contribution in [3.63, 3.8) is 0 Å². The molecule has 1 aliphatic carbocycles. The van der Waals surface area contributed by atoms with Crippen LogP contribution in [0.3, 0.4) is 0 Å². The van der Waals surface area contributed by atoms with E-state index in [0.717, 1.165) is 15.6 Å². The maximum Gasteiger partial charge on any atom is 0.207 e. The molecule has 2 aromatic rings. The molecule has 0 bridgehead atoms. The van der Waals surface area contributed by atoms with Crippen LogP contribution in [-0.4, -0.2) is 16.2 Å². The topological polar surface area (TPSA) is 31.9 Å². The van der Waals surface area contributed by atoms with E-state index in [1.165, 1.54) is 17.7 Å². The summed E-state index contributed by atoms with van der Waals surface area (Å²) in [4.78, 5) is 3.75. The van der Waals surface area contributed by atoms with Gasteiger partial charge in [0.1, 0.15) is 0 Å². The Hall–Kier alpha value is -0.720. The standard InChI is InChI=1S/C10H11N3S3/c14-10-12-11-9(16-10)13(7-3-4-7)6-8-2-1-5-15-8/h1-2,5,7H,3-4,6H2,(H,12,14). The van der Waals surface area contributed by atoms with Crippen molar-refractivity contribution >= 4 is 40.0 Å². The second-order valence-corrected chi connectivity index (χ2v) is 6.51. The summed E-state index contributed by atoms with van der Waals surface area (Å²) in [7, 11) is 0. The molecule has 6 heteroatoms. The van der Waals surface area contributed by atoms with E-state index in [0.29, 0.717) is 6.04 Å². The molecule has 1 N–H and O–H groups in total. The smallest absolute Gasteiger partial charge is 0.207 e. The summed E-state index contributed by atoms with van der Waals surface area (Å²) >= 11 is 8.44. The number of hydrogen-bond donors (Lipinski definition) is 1. The highest BCUT2D eigenvalue weighted by atomic mass is 32.1. The quantitative estimate of drug-likeness (QED) is 0.863. The van der Waals surface area contributed by atoms with Gasteiger partial charge in [-0.3, -0.25) is 5.10 Å². The predicted molar refractivity (Wildman–Crippen MR) is 70.8 cm³/mol. The molecule has 0 aromatic carbocycles. The van der Waals surface area contributed by atoms with E-state index >= 15 is 0 Å². The van der Waals surface area contributed by atoms with Crippen LogP contribution in [-0.2, 0) is 6.54 Å². The molecule has 0 radical (unpaired) electrons. The lowest BCUT2D eigenvalue weighted by atomic mass is 10.4. The molecule has 1 saturated carbocycles. The molecule has 0 saturated heterocycles. The molecular formula is C10H11N3S3. The largest absolute Gasteiger partial charge is 0.339 e. The second kappa shape index (κ2) is 4.27. The lowest BCUT2D eigenvalue weighted by molar-refractivity contribution is 0.788. The van der Waals surface area contributed by atoms with Crippen LogP contribution in [0, 0.1) is 3.95 Å². The van der Waals surface area contributed by atoms with Gasteiger partial charge in [0.25, 0.3) is 0 Å². The molecule has 0 spiro atoms. The zero-order valence-corrected chi connectivity index (χ0v) is 11.0. The molecule has 0 amide bonds. The minimum absolute atomic E-state index is 0.663. The third-order valence-corrected chi connectivity index (χ3v) is 4.55. The highest BCUT2D eigenvalue weighted by Crippen LogP contribution is 2.34. The Morgan fingerprint density at radius 2 is 2.44 bits per heavy atom. The average molecular weight is 269 g/mol. The molecule has 3 rings (SSSR count). The lowest BCUT2D eigenvalue weighted by Gasteiger charge is -2.19. The van der Waals surface area contributed by atoms with Crippen molar-refractivity contribution in [3.8, 4) is 0 Å². The maximum absolute atomic E-state index is 5.08. The molecule has 1 fully saturated rings. The Morgan fingerprint density at radius 3 is 3.00 bits per heavy atom. The van der Waals surface area contributed by atoms with Gasteiger partial charge in [0.05, 0.1) is 6.54 Å². The van der Waals surface area contributed by atoms with E-state index in [1.54, 1.807) is 22.7 Å². The first kappa shape index (κ1) is 10.4. The fourth-order valence-corrected chi connectivity index (χ4v) is 3.31. The predicted octanol–water partition coefficient (Wildman–Crippen LogP) is 3.43. The monoisotopic (exact) mass is 269 g/mol. The van der Waals surface area contributed by atoms with E-state index in [9.17, 15) is 0 Å². The molecule has 0 unspecified atom stereocenters. The van der Waals surface area contributed by atoms with Crippen LogP contribution in [0.1, 0.15) is 17.7 Å². The number of aromatic nitrogens is 2. The van der Waals surface area contributed by atoms with Crippen LogP contribution in [0.5, 0.6) is 0 Å². The molecule has 0 aliphatic heterocycles. The van der Waals surface area contributed by atoms with Crippen molar-refractivity contribution in [2.24, 2.45) is 0 Å². The minimum Gasteiger partial charge on any atom is -0.339 e. The van der Waals surface area contributed by atoms with Gasteiger partial charge in [0.2, 0.25) is 5.13 Å². The van der Waals surface area contributed by atoms with Crippen LogP contribution >= 0.6 is 34.9 Å². The Labute approximate surface area is 107 Å². The fraction of sp³-hybridized carbons (Fsp3) is 0.400. The number of H-pyrrole nitrogens is 1. The van der Waals surface area contributed by atoms with Crippen molar-refractivity contribution < 1.29 is 0 Å². The Bertz CT molecular complexity index is 509. The van der Waals surface area contributed by atoms with E-state index in [1.807, 2.05) is 0 Å². The first-order chi connectivity index (χ1) is 7.83. The summed E-state index contributed by atoms with van der Waals surface area (Å²) in [6.45, 7) is 0.957. The van der Waals surface area contributed by atoms with Gasteiger partial charge in [0.15, 0.2) is 3.95 Å². The van der Waals surface area contributed by atoms with Crippen molar-refractivity contribution in [1.29, 1.82) is 0 Å². The van der Waals surface area contributed by atoms with E-state index in [2.05, 4.69) is 32.6 Å². The van der Waals surface area contributed by atoms with Crippen molar-refractivity contribution in [1.82, 2.24) is 10.2 Å². The zero-order valence-electron chi connectivity index (χ0n) is 8.55. The number of anilines is 1. The minimum atomic E-state index is 0.663. The molecular weight excluding hydrogens is 258 g/mol. The molecule has 84 valence electrons. The van der Waals surface area contributed by atoms with Crippen molar-refractivity contribution in [2.75, 3.05) is 4.90 Å². The van der Waals surface area contributed by atoms with Gasteiger partial charge in [-0.2, -0.15) is 0 Å². The van der Waals surface area contributed by atoms with Gasteiger partial charge in [0, 0.05) is 10.9 Å². The first-order valence-electron chi connectivity index (χ1n) is 5.17. The SMILES string of the molecule is S=c1[nH]nc(N(Cc2cccs2)C2CC2)s1. The number of thiophene rings is 1. The zero-order chi connectivity index (χ0) is 11.0. The Morgan fingerprint density at radius 1 is 1.56 bits per heavy atom. The van der Waals surface area contributed by atoms with Gasteiger partial charge >= 0.3 is 0 Å². The lowest BCUT2D eigenvalue weighted by Crippen LogP contribution is -2.24. The van der Waals surface area contributed by atoms with E-state index in [-0.39, 0.29) is 0 Å². The summed E-state index contributed by atoms with van der Waals surface area (Å²) in [5.74, 6) is 0. The maximum atomic E-state index is 5.08. The number of nitrogens with one attached hydrogen (secondary N) is 1. The van der Waals surface area contributed by atoms with Crippen LogP contribution in [0.2, 0.25) is 0 Å². The van der Waals surface area contributed by atoms with Gasteiger partial charge in [-0.05, 0) is 36.5 Å². The third kappa shape index (κ3) is 2.18. The van der Waals surface area contributed by atoms with Crippen molar-refractivity contribution in [2.45, 2.75) is 25.4 Å². The number of hydrogen-bond acceptors (Lipinski definition) is 5. The number of rotatable bonds is 4. The fourth-order valence-electron chi connectivity index (χ4n) is 1.65. The van der Waals surface area contributed by atoms with Gasteiger partial charge < -0.3 is 4.90 Å². The Kier molecular flexibility index (Phi) is 2.79. The normalized spacial score (nSPS) is 15.2. The highest BCUT2D eigenvalue weighted by molar-refractivity contribution is 7.73. The number of nitrogens with zero attached hydrogens (tertiary/aromatic N) is 2. The summed E-state index contributed by atoms with van der Waals surface area (Å²) in [6.07, 6.45) is 2.55.